The zero-order chi connectivity index (χ0) is 8.39. The second-order valence-corrected chi connectivity index (χ2v) is 2.79. The van der Waals surface area contributed by atoms with Crippen LogP contribution in [-0.4, -0.2) is 10.1 Å². The number of rotatable bonds is 2. The third kappa shape index (κ3) is 1.24. The molecule has 0 atom stereocenters. The van der Waals surface area contributed by atoms with Gasteiger partial charge >= 0.3 is 5.56 Å². The van der Waals surface area contributed by atoms with Gasteiger partial charge < -0.3 is 9.26 Å². The van der Waals surface area contributed by atoms with Crippen LogP contribution in [0.3, 0.4) is 0 Å². The lowest BCUT2D eigenvalue weighted by Crippen LogP contribution is -2.00. The highest BCUT2D eigenvalue weighted by atomic mass is 32.1. The molecule has 0 bridgehead atoms. The first kappa shape index (κ1) is 7.11. The molecule has 0 amide bonds. The van der Waals surface area contributed by atoms with E-state index in [2.05, 4.69) is 14.7 Å². The van der Waals surface area contributed by atoms with Crippen LogP contribution in [0, 0.1) is 0 Å². The van der Waals surface area contributed by atoms with E-state index in [1.807, 2.05) is 0 Å². The summed E-state index contributed by atoms with van der Waals surface area (Å²) in [7, 11) is 0. The van der Waals surface area contributed by atoms with Gasteiger partial charge in [0, 0.05) is 11.6 Å². The molecule has 2 aromatic heterocycles. The van der Waals surface area contributed by atoms with Crippen LogP contribution in [0.4, 0.5) is 0 Å². The summed E-state index contributed by atoms with van der Waals surface area (Å²) in [6.07, 6.45) is 2.79. The maximum atomic E-state index is 10.8. The monoisotopic (exact) mass is 184 g/mol. The first-order valence-corrected chi connectivity index (χ1v) is 3.98. The average molecular weight is 184 g/mol. The minimum atomic E-state index is -0.398. The second kappa shape index (κ2) is 2.82. The van der Waals surface area contributed by atoms with Crippen molar-refractivity contribution in [1.82, 2.24) is 10.1 Å². The first-order valence-electron chi connectivity index (χ1n) is 3.10. The molecule has 5 nitrogen and oxygen atoms in total. The van der Waals surface area contributed by atoms with Crippen molar-refractivity contribution in [2.75, 3.05) is 0 Å². The van der Waals surface area contributed by atoms with Crippen molar-refractivity contribution in [2.24, 2.45) is 0 Å². The van der Waals surface area contributed by atoms with Gasteiger partial charge in [0.25, 0.3) is 5.19 Å². The fourth-order valence-corrected chi connectivity index (χ4v) is 1.16. The molecular weight excluding hydrogens is 180 g/mol. The Morgan fingerprint density at radius 1 is 1.67 bits per heavy atom. The molecule has 2 rings (SSSR count). The van der Waals surface area contributed by atoms with Crippen LogP contribution in [0.25, 0.3) is 0 Å². The van der Waals surface area contributed by atoms with Gasteiger partial charge in [-0.05, 0) is 0 Å². The van der Waals surface area contributed by atoms with Crippen LogP contribution in [0.2, 0.25) is 0 Å². The van der Waals surface area contributed by atoms with Crippen LogP contribution < -0.4 is 10.3 Å². The largest absolute Gasteiger partial charge is 0.421 e. The summed E-state index contributed by atoms with van der Waals surface area (Å²) in [4.78, 5) is 14.7. The van der Waals surface area contributed by atoms with E-state index in [0.29, 0.717) is 5.19 Å². The third-order valence-electron chi connectivity index (χ3n) is 1.15. The van der Waals surface area contributed by atoms with Crippen molar-refractivity contribution in [1.29, 1.82) is 0 Å². The zero-order valence-electron chi connectivity index (χ0n) is 5.81. The van der Waals surface area contributed by atoms with Gasteiger partial charge in [-0.2, -0.15) is 5.16 Å². The summed E-state index contributed by atoms with van der Waals surface area (Å²) >= 11 is 1.30. The molecule has 0 fully saturated rings. The summed E-state index contributed by atoms with van der Waals surface area (Å²) in [6, 6.07) is 0. The van der Waals surface area contributed by atoms with E-state index in [-0.39, 0.29) is 5.75 Å². The van der Waals surface area contributed by atoms with Crippen molar-refractivity contribution in [3.63, 3.8) is 0 Å². The normalized spacial score (nSPS) is 10.0. The van der Waals surface area contributed by atoms with Gasteiger partial charge in [0.1, 0.15) is 0 Å². The molecule has 0 aliphatic rings. The summed E-state index contributed by atoms with van der Waals surface area (Å²) in [5.74, 6) is 0.116. The molecule has 1 N–H and O–H groups in total. The molecule has 0 spiro atoms. The molecule has 0 aromatic carbocycles. The van der Waals surface area contributed by atoms with Crippen molar-refractivity contribution in [3.8, 4) is 10.9 Å². The fraction of sp³-hybridized carbons (Fsp3) is 0. The average Bonchev–Trinajstić information content (AvgIpc) is 2.65. The minimum Gasteiger partial charge on any atom is -0.421 e. The number of hydrogen-bond acceptors (Lipinski definition) is 5. The highest BCUT2D eigenvalue weighted by molar-refractivity contribution is 7.11. The van der Waals surface area contributed by atoms with Gasteiger partial charge in [0.05, 0.1) is 0 Å². The maximum Gasteiger partial charge on any atom is 0.323 e. The maximum absolute atomic E-state index is 10.8. The Balaban J connectivity index is 2.25. The van der Waals surface area contributed by atoms with Crippen molar-refractivity contribution < 1.29 is 9.26 Å². The highest BCUT2D eigenvalue weighted by Gasteiger charge is 2.05. The van der Waals surface area contributed by atoms with E-state index in [4.69, 9.17) is 4.74 Å². The van der Waals surface area contributed by atoms with Crippen LogP contribution in [0.1, 0.15) is 0 Å². The molecule has 0 aliphatic heterocycles. The number of aromatic nitrogens is 2. The topological polar surface area (TPSA) is 68.1 Å². The Morgan fingerprint density at radius 2 is 2.58 bits per heavy atom. The van der Waals surface area contributed by atoms with Gasteiger partial charge in [-0.25, -0.2) is 4.98 Å². The van der Waals surface area contributed by atoms with E-state index in [1.165, 1.54) is 17.6 Å². The summed E-state index contributed by atoms with van der Waals surface area (Å²) in [6.45, 7) is 0. The second-order valence-electron chi connectivity index (χ2n) is 1.93. The van der Waals surface area contributed by atoms with E-state index in [0.717, 1.165) is 0 Å². The molecule has 0 unspecified atom stereocenters. The zero-order valence-corrected chi connectivity index (χ0v) is 6.63. The first-order chi connectivity index (χ1) is 5.86. The van der Waals surface area contributed by atoms with E-state index < -0.39 is 5.56 Å². The molecule has 0 saturated heterocycles. The van der Waals surface area contributed by atoms with Gasteiger partial charge in [-0.15, -0.1) is 0 Å². The predicted molar refractivity (Wildman–Crippen MR) is 41.5 cm³/mol. The van der Waals surface area contributed by atoms with Gasteiger partial charge in [0.15, 0.2) is 6.26 Å². The lowest BCUT2D eigenvalue weighted by atomic mass is 10.6. The fourth-order valence-electron chi connectivity index (χ4n) is 0.666. The van der Waals surface area contributed by atoms with Gasteiger partial charge in [0.2, 0.25) is 5.75 Å². The van der Waals surface area contributed by atoms with Crippen LogP contribution in [-0.2, 0) is 0 Å². The van der Waals surface area contributed by atoms with Crippen LogP contribution in [0.5, 0.6) is 10.9 Å². The smallest absolute Gasteiger partial charge is 0.323 e. The van der Waals surface area contributed by atoms with E-state index in [9.17, 15) is 4.79 Å². The molecular formula is C6H4N2O3S. The lowest BCUT2D eigenvalue weighted by Gasteiger charge is -1.91. The number of thiazole rings is 1. The SMILES string of the molecule is O=c1[nH]occ1Oc1nccs1. The van der Waals surface area contributed by atoms with E-state index >= 15 is 0 Å². The number of nitrogens with one attached hydrogen (secondary N) is 1. The summed E-state index contributed by atoms with van der Waals surface area (Å²) < 4.78 is 9.57. The standard InChI is InChI=1S/C6H4N2O3S/c9-5-4(3-10-8-5)11-6-7-1-2-12-6/h1-3H,(H,8,9). The van der Waals surface area contributed by atoms with Gasteiger partial charge in [-0.3, -0.25) is 4.79 Å². The van der Waals surface area contributed by atoms with Crippen LogP contribution >= 0.6 is 11.3 Å². The quantitative estimate of drug-likeness (QED) is 0.761. The molecule has 0 radical (unpaired) electrons. The number of ether oxygens (including phenoxy) is 1. The number of H-pyrrole nitrogens is 1. The Kier molecular flexibility index (Phi) is 1.67. The molecule has 0 saturated carbocycles. The van der Waals surface area contributed by atoms with Crippen LogP contribution in [0.15, 0.2) is 27.2 Å². The third-order valence-corrected chi connectivity index (χ3v) is 1.80. The molecule has 12 heavy (non-hydrogen) atoms. The lowest BCUT2D eigenvalue weighted by molar-refractivity contribution is 0.407. The summed E-state index contributed by atoms with van der Waals surface area (Å²) in [5, 5.41) is 4.27. The minimum absolute atomic E-state index is 0.116. The summed E-state index contributed by atoms with van der Waals surface area (Å²) in [5.41, 5.74) is -0.398. The predicted octanol–water partition coefficient (Wildman–Crippen LogP) is 1.22. The molecule has 62 valence electrons. The molecule has 0 aliphatic carbocycles. The molecule has 2 aromatic rings. The Bertz CT molecular complexity index is 402. The Hall–Kier alpha value is -1.56. The Labute approximate surface area is 70.6 Å². The molecule has 2 heterocycles. The Morgan fingerprint density at radius 3 is 3.17 bits per heavy atom. The van der Waals surface area contributed by atoms with E-state index in [1.54, 1.807) is 11.6 Å². The van der Waals surface area contributed by atoms with Crippen molar-refractivity contribution in [3.05, 3.63) is 28.2 Å². The van der Waals surface area contributed by atoms with Crippen molar-refractivity contribution >= 4 is 11.3 Å². The van der Waals surface area contributed by atoms with Crippen molar-refractivity contribution in [2.45, 2.75) is 0 Å². The molecule has 6 heteroatoms. The number of aromatic amines is 1. The number of nitrogens with zero attached hydrogens (tertiary/aromatic N) is 1. The van der Waals surface area contributed by atoms with Gasteiger partial charge in [-0.1, -0.05) is 11.3 Å². The highest BCUT2D eigenvalue weighted by Crippen LogP contribution is 2.19. The number of hydrogen-bond donors (Lipinski definition) is 1.